The van der Waals surface area contributed by atoms with Gasteiger partial charge in [-0.1, -0.05) is 42.5 Å². The summed E-state index contributed by atoms with van der Waals surface area (Å²) in [5.74, 6) is 2.25. The number of rotatable bonds is 5. The number of nitrogens with one attached hydrogen (secondary N) is 2. The molecule has 110 valence electrons. The Morgan fingerprint density at radius 3 is 2.82 bits per heavy atom. The average Bonchev–Trinajstić information content (AvgIpc) is 3.15. The summed E-state index contributed by atoms with van der Waals surface area (Å²) in [6.07, 6.45) is 2.81. The second-order valence-electron chi connectivity index (χ2n) is 5.81. The van der Waals surface area contributed by atoms with E-state index in [4.69, 9.17) is 0 Å². The van der Waals surface area contributed by atoms with Gasteiger partial charge in [0.1, 0.15) is 6.33 Å². The number of benzene rings is 2. The van der Waals surface area contributed by atoms with E-state index in [1.165, 1.54) is 18.3 Å². The van der Waals surface area contributed by atoms with Crippen molar-refractivity contribution in [2.24, 2.45) is 5.92 Å². The molecule has 4 nitrogen and oxygen atoms in total. The highest BCUT2D eigenvalue weighted by Crippen LogP contribution is 2.47. The van der Waals surface area contributed by atoms with Crippen LogP contribution >= 0.6 is 0 Å². The average molecular weight is 290 g/mol. The Labute approximate surface area is 129 Å². The molecule has 3 aromatic rings. The zero-order valence-electron chi connectivity index (χ0n) is 12.2. The van der Waals surface area contributed by atoms with Crippen molar-refractivity contribution >= 4 is 5.69 Å². The van der Waals surface area contributed by atoms with Gasteiger partial charge in [0.25, 0.3) is 0 Å². The molecule has 1 aromatic heterocycles. The molecule has 4 rings (SSSR count). The van der Waals surface area contributed by atoms with Crippen LogP contribution in [0.2, 0.25) is 0 Å². The van der Waals surface area contributed by atoms with E-state index in [-0.39, 0.29) is 0 Å². The third kappa shape index (κ3) is 2.72. The van der Waals surface area contributed by atoms with Gasteiger partial charge in [0.15, 0.2) is 5.82 Å². The first-order valence-corrected chi connectivity index (χ1v) is 7.65. The van der Waals surface area contributed by atoms with Crippen LogP contribution in [0.1, 0.15) is 17.9 Å². The van der Waals surface area contributed by atoms with Crippen LogP contribution in [0.4, 0.5) is 5.69 Å². The second-order valence-corrected chi connectivity index (χ2v) is 5.81. The number of nitrogens with zero attached hydrogens (tertiary/aromatic N) is 2. The molecule has 2 atom stereocenters. The zero-order chi connectivity index (χ0) is 14.8. The number of H-pyrrole nitrogens is 1. The molecule has 0 spiro atoms. The van der Waals surface area contributed by atoms with E-state index >= 15 is 0 Å². The number of hydrogen-bond donors (Lipinski definition) is 2. The number of aromatic amines is 1. The molecule has 2 aromatic carbocycles. The topological polar surface area (TPSA) is 53.6 Å². The zero-order valence-corrected chi connectivity index (χ0v) is 12.2. The highest BCUT2D eigenvalue weighted by atomic mass is 15.2. The maximum Gasteiger partial charge on any atom is 0.155 e. The largest absolute Gasteiger partial charge is 0.385 e. The molecule has 0 radical (unpaired) electrons. The predicted molar refractivity (Wildman–Crippen MR) is 87.6 cm³/mol. The van der Waals surface area contributed by atoms with Crippen LogP contribution in [-0.4, -0.2) is 21.7 Å². The lowest BCUT2D eigenvalue weighted by molar-refractivity contribution is 0.844. The molecule has 1 saturated carbocycles. The third-order valence-electron chi connectivity index (χ3n) is 4.27. The summed E-state index contributed by atoms with van der Waals surface area (Å²) < 4.78 is 0. The Morgan fingerprint density at radius 1 is 1.09 bits per heavy atom. The molecule has 0 unspecified atom stereocenters. The van der Waals surface area contributed by atoms with Crippen molar-refractivity contribution in [1.29, 1.82) is 0 Å². The molecule has 22 heavy (non-hydrogen) atoms. The molecular formula is C18H18N4. The molecule has 1 aliphatic carbocycles. The minimum absolute atomic E-state index is 0.714. The molecule has 1 heterocycles. The fraction of sp³-hybridized carbons (Fsp3) is 0.222. The monoisotopic (exact) mass is 290 g/mol. The van der Waals surface area contributed by atoms with E-state index in [2.05, 4.69) is 63.0 Å². The van der Waals surface area contributed by atoms with Gasteiger partial charge in [-0.2, -0.15) is 5.10 Å². The molecule has 0 bridgehead atoms. The van der Waals surface area contributed by atoms with E-state index in [0.717, 1.165) is 29.5 Å². The molecular weight excluding hydrogens is 272 g/mol. The minimum atomic E-state index is 0.714. The van der Waals surface area contributed by atoms with E-state index in [9.17, 15) is 0 Å². The van der Waals surface area contributed by atoms with Crippen molar-refractivity contribution < 1.29 is 0 Å². The van der Waals surface area contributed by atoms with Crippen molar-refractivity contribution in [3.63, 3.8) is 0 Å². The van der Waals surface area contributed by atoms with Gasteiger partial charge in [-0.05, 0) is 36.0 Å². The highest BCUT2D eigenvalue weighted by Gasteiger charge is 2.37. The summed E-state index contributed by atoms with van der Waals surface area (Å²) in [5, 5.41) is 10.3. The second kappa shape index (κ2) is 5.64. The van der Waals surface area contributed by atoms with Crippen LogP contribution in [0, 0.1) is 5.92 Å². The van der Waals surface area contributed by atoms with Crippen molar-refractivity contribution in [2.45, 2.75) is 12.3 Å². The van der Waals surface area contributed by atoms with Crippen LogP contribution in [0.5, 0.6) is 0 Å². The quantitative estimate of drug-likeness (QED) is 0.753. The van der Waals surface area contributed by atoms with E-state index in [1.807, 2.05) is 12.1 Å². The Balaban J connectivity index is 1.38. The van der Waals surface area contributed by atoms with Crippen LogP contribution in [0.25, 0.3) is 11.4 Å². The molecule has 2 N–H and O–H groups in total. The van der Waals surface area contributed by atoms with Gasteiger partial charge >= 0.3 is 0 Å². The smallest absolute Gasteiger partial charge is 0.155 e. The van der Waals surface area contributed by atoms with E-state index in [0.29, 0.717) is 5.92 Å². The van der Waals surface area contributed by atoms with Crippen LogP contribution < -0.4 is 5.32 Å². The van der Waals surface area contributed by atoms with Gasteiger partial charge in [-0.15, -0.1) is 0 Å². The highest BCUT2D eigenvalue weighted by molar-refractivity contribution is 5.62. The van der Waals surface area contributed by atoms with Gasteiger partial charge in [-0.3, -0.25) is 5.10 Å². The van der Waals surface area contributed by atoms with Gasteiger partial charge in [0.05, 0.1) is 0 Å². The fourth-order valence-electron chi connectivity index (χ4n) is 2.95. The van der Waals surface area contributed by atoms with Gasteiger partial charge in [-0.25, -0.2) is 4.98 Å². The Bertz CT molecular complexity index is 737. The third-order valence-corrected chi connectivity index (χ3v) is 4.27. The van der Waals surface area contributed by atoms with Crippen LogP contribution in [0.15, 0.2) is 60.9 Å². The maximum absolute atomic E-state index is 4.19. The lowest BCUT2D eigenvalue weighted by Gasteiger charge is -2.07. The van der Waals surface area contributed by atoms with Crippen LogP contribution in [-0.2, 0) is 0 Å². The first-order valence-electron chi connectivity index (χ1n) is 7.65. The van der Waals surface area contributed by atoms with E-state index < -0.39 is 0 Å². The molecule has 1 fully saturated rings. The standard InChI is InChI=1S/C18H18N4/c1-2-5-13(6-3-1)17-10-15(17)11-19-16-8-4-7-14(9-16)18-20-12-21-22-18/h1-9,12,15,17,19H,10-11H2,(H,20,21,22)/t15-,17+/m1/s1. The summed E-state index contributed by atoms with van der Waals surface area (Å²) in [4.78, 5) is 4.19. The number of aromatic nitrogens is 3. The minimum Gasteiger partial charge on any atom is -0.385 e. The molecule has 1 aliphatic rings. The van der Waals surface area contributed by atoms with Crippen molar-refractivity contribution in [3.8, 4) is 11.4 Å². The van der Waals surface area contributed by atoms with Crippen molar-refractivity contribution in [2.75, 3.05) is 11.9 Å². The van der Waals surface area contributed by atoms with Gasteiger partial charge < -0.3 is 5.32 Å². The van der Waals surface area contributed by atoms with Crippen molar-refractivity contribution in [1.82, 2.24) is 15.2 Å². The Hall–Kier alpha value is -2.62. The molecule has 0 saturated heterocycles. The number of anilines is 1. The maximum atomic E-state index is 4.19. The lowest BCUT2D eigenvalue weighted by Crippen LogP contribution is -2.04. The summed E-state index contributed by atoms with van der Waals surface area (Å²) in [6, 6.07) is 19.1. The summed E-state index contributed by atoms with van der Waals surface area (Å²) in [5.41, 5.74) is 3.65. The molecule has 4 heteroatoms. The molecule has 0 aliphatic heterocycles. The first kappa shape index (κ1) is 13.1. The Kier molecular flexibility index (Phi) is 3.35. The normalized spacial score (nSPS) is 19.8. The number of hydrogen-bond acceptors (Lipinski definition) is 3. The Morgan fingerprint density at radius 2 is 2.00 bits per heavy atom. The van der Waals surface area contributed by atoms with Crippen molar-refractivity contribution in [3.05, 3.63) is 66.5 Å². The van der Waals surface area contributed by atoms with Gasteiger partial charge in [0.2, 0.25) is 0 Å². The predicted octanol–water partition coefficient (Wildman–Crippen LogP) is 3.69. The fourth-order valence-corrected chi connectivity index (χ4v) is 2.95. The summed E-state index contributed by atoms with van der Waals surface area (Å²) in [6.45, 7) is 1.01. The summed E-state index contributed by atoms with van der Waals surface area (Å²) in [7, 11) is 0. The van der Waals surface area contributed by atoms with Crippen LogP contribution in [0.3, 0.4) is 0 Å². The summed E-state index contributed by atoms with van der Waals surface area (Å²) >= 11 is 0. The lowest BCUT2D eigenvalue weighted by atomic mass is 10.1. The first-order chi connectivity index (χ1) is 10.9. The van der Waals surface area contributed by atoms with E-state index in [1.54, 1.807) is 0 Å². The molecule has 0 amide bonds. The van der Waals surface area contributed by atoms with Gasteiger partial charge in [0, 0.05) is 17.8 Å². The SMILES string of the molecule is c1ccc([C@@H]2C[C@@H]2CNc2cccc(-c3ncn[nH]3)c2)cc1.